The Hall–Kier alpha value is -3.29. The van der Waals surface area contributed by atoms with Gasteiger partial charge in [0.2, 0.25) is 5.91 Å². The van der Waals surface area contributed by atoms with Crippen LogP contribution in [0.4, 0.5) is 0 Å². The van der Waals surface area contributed by atoms with Crippen molar-refractivity contribution in [1.29, 1.82) is 0 Å². The first-order valence-corrected chi connectivity index (χ1v) is 9.50. The Morgan fingerprint density at radius 3 is 2.75 bits per heavy atom. The Bertz CT molecular complexity index is 1010. The normalized spacial score (nSPS) is 15.4. The number of hydrogen-bond acceptors (Lipinski definition) is 5. The van der Waals surface area contributed by atoms with Gasteiger partial charge in [0, 0.05) is 24.8 Å². The molecule has 1 saturated heterocycles. The van der Waals surface area contributed by atoms with E-state index < -0.39 is 6.04 Å². The second kappa shape index (κ2) is 7.75. The minimum Gasteiger partial charge on any atom is -0.341 e. The first-order valence-electron chi connectivity index (χ1n) is 9.50. The summed E-state index contributed by atoms with van der Waals surface area (Å²) in [6.45, 7) is 3.26. The molecule has 0 spiro atoms. The van der Waals surface area contributed by atoms with Crippen molar-refractivity contribution in [3.05, 3.63) is 48.2 Å². The topological polar surface area (TPSA) is 93.0 Å². The zero-order valence-corrected chi connectivity index (χ0v) is 15.7. The monoisotopic (exact) mass is 378 g/mol. The maximum absolute atomic E-state index is 12.7. The number of rotatable bonds is 4. The average molecular weight is 378 g/mol. The summed E-state index contributed by atoms with van der Waals surface area (Å²) in [5.41, 5.74) is 2.44. The summed E-state index contributed by atoms with van der Waals surface area (Å²) in [6, 6.07) is 10.1. The van der Waals surface area contributed by atoms with Gasteiger partial charge in [-0.2, -0.15) is 4.68 Å². The summed E-state index contributed by atoms with van der Waals surface area (Å²) in [5, 5.41) is 11.0. The fraction of sp³-hybridized carbons (Fsp3) is 0.350. The number of likely N-dealkylation sites (tertiary alicyclic amines) is 1. The van der Waals surface area contributed by atoms with Gasteiger partial charge in [0.25, 0.3) is 5.91 Å². The van der Waals surface area contributed by atoms with Gasteiger partial charge < -0.3 is 10.2 Å². The third kappa shape index (κ3) is 3.58. The molecule has 0 aliphatic carbocycles. The van der Waals surface area contributed by atoms with Gasteiger partial charge in [-0.25, -0.2) is 4.98 Å². The molecule has 28 heavy (non-hydrogen) atoms. The van der Waals surface area contributed by atoms with Crippen LogP contribution in [0.1, 0.15) is 36.5 Å². The van der Waals surface area contributed by atoms with Crippen molar-refractivity contribution >= 4 is 23.0 Å². The van der Waals surface area contributed by atoms with Crippen LogP contribution in [-0.4, -0.2) is 55.8 Å². The Morgan fingerprint density at radius 2 is 1.93 bits per heavy atom. The van der Waals surface area contributed by atoms with Crippen LogP contribution in [0.2, 0.25) is 0 Å². The molecule has 1 fully saturated rings. The fourth-order valence-corrected chi connectivity index (χ4v) is 3.45. The largest absolute Gasteiger partial charge is 0.341 e. The van der Waals surface area contributed by atoms with Gasteiger partial charge in [-0.15, -0.1) is 5.10 Å². The van der Waals surface area contributed by atoms with E-state index in [1.807, 2.05) is 17.0 Å². The van der Waals surface area contributed by atoms with Crippen LogP contribution in [0.25, 0.3) is 16.9 Å². The van der Waals surface area contributed by atoms with Crippen LogP contribution < -0.4 is 5.32 Å². The van der Waals surface area contributed by atoms with E-state index in [2.05, 4.69) is 20.6 Å². The van der Waals surface area contributed by atoms with E-state index >= 15 is 0 Å². The first-order chi connectivity index (χ1) is 13.6. The second-order valence-corrected chi connectivity index (χ2v) is 6.98. The van der Waals surface area contributed by atoms with E-state index in [1.165, 1.54) is 0 Å². The Labute approximate surface area is 162 Å². The smallest absolute Gasteiger partial charge is 0.251 e. The van der Waals surface area contributed by atoms with Crippen LogP contribution in [0.15, 0.2) is 42.6 Å². The highest BCUT2D eigenvalue weighted by Gasteiger charge is 2.24. The lowest BCUT2D eigenvalue weighted by Gasteiger charge is -2.29. The summed E-state index contributed by atoms with van der Waals surface area (Å²) >= 11 is 0. The van der Waals surface area contributed by atoms with Gasteiger partial charge in [0.15, 0.2) is 5.65 Å². The SMILES string of the molecule is CC(NC(=O)c1cccc(-n2nnc3cccnc32)c1)C(=O)N1CCCCC1. The summed E-state index contributed by atoms with van der Waals surface area (Å²) in [5.74, 6) is -0.326. The molecule has 2 aromatic heterocycles. The van der Waals surface area contributed by atoms with Crippen LogP contribution in [0.3, 0.4) is 0 Å². The lowest BCUT2D eigenvalue weighted by Crippen LogP contribution is -2.48. The van der Waals surface area contributed by atoms with Crippen molar-refractivity contribution in [2.75, 3.05) is 13.1 Å². The van der Waals surface area contributed by atoms with Crippen molar-refractivity contribution in [2.24, 2.45) is 0 Å². The molecule has 1 atom stereocenters. The van der Waals surface area contributed by atoms with Gasteiger partial charge in [-0.3, -0.25) is 9.59 Å². The lowest BCUT2D eigenvalue weighted by molar-refractivity contribution is -0.133. The third-order valence-corrected chi connectivity index (χ3v) is 4.95. The molecule has 1 aromatic carbocycles. The average Bonchev–Trinajstić information content (AvgIpc) is 3.18. The number of piperidine rings is 1. The third-order valence-electron chi connectivity index (χ3n) is 4.95. The standard InChI is InChI=1S/C20H22N6O2/c1-14(20(28)25-11-3-2-4-12-25)22-19(27)15-7-5-8-16(13-15)26-18-17(23-24-26)9-6-10-21-18/h5-10,13-14H,2-4,11-12H2,1H3,(H,22,27). The molecule has 1 unspecified atom stereocenters. The van der Waals surface area contributed by atoms with Crippen LogP contribution in [-0.2, 0) is 4.79 Å². The van der Waals surface area contributed by atoms with E-state index in [4.69, 9.17) is 0 Å². The Kier molecular flexibility index (Phi) is 5.01. The van der Waals surface area contributed by atoms with E-state index in [1.54, 1.807) is 42.1 Å². The molecule has 0 bridgehead atoms. The Morgan fingerprint density at radius 1 is 1.11 bits per heavy atom. The van der Waals surface area contributed by atoms with Crippen LogP contribution in [0, 0.1) is 0 Å². The molecule has 4 rings (SSSR count). The number of amides is 2. The molecule has 3 aromatic rings. The van der Waals surface area contributed by atoms with Gasteiger partial charge in [0.1, 0.15) is 11.6 Å². The molecule has 144 valence electrons. The molecule has 1 aliphatic heterocycles. The van der Waals surface area contributed by atoms with E-state index in [0.29, 0.717) is 22.4 Å². The number of benzene rings is 1. The summed E-state index contributed by atoms with van der Waals surface area (Å²) in [6.07, 6.45) is 4.87. The predicted octanol–water partition coefficient (Wildman–Crippen LogP) is 1.95. The predicted molar refractivity (Wildman–Crippen MR) is 104 cm³/mol. The molecular formula is C20H22N6O2. The van der Waals surface area contributed by atoms with Crippen molar-refractivity contribution in [1.82, 2.24) is 30.2 Å². The zero-order chi connectivity index (χ0) is 19.5. The van der Waals surface area contributed by atoms with Gasteiger partial charge >= 0.3 is 0 Å². The lowest BCUT2D eigenvalue weighted by atomic mass is 10.1. The number of hydrogen-bond donors (Lipinski definition) is 1. The number of fused-ring (bicyclic) bond motifs is 1. The second-order valence-electron chi connectivity index (χ2n) is 6.98. The molecule has 2 amide bonds. The molecule has 1 aliphatic rings. The molecular weight excluding hydrogens is 356 g/mol. The highest BCUT2D eigenvalue weighted by atomic mass is 16.2. The Balaban J connectivity index is 1.51. The molecule has 1 N–H and O–H groups in total. The van der Waals surface area contributed by atoms with Crippen molar-refractivity contribution in [3.8, 4) is 5.69 Å². The van der Waals surface area contributed by atoms with Gasteiger partial charge in [-0.05, 0) is 56.5 Å². The van der Waals surface area contributed by atoms with Crippen molar-refractivity contribution in [2.45, 2.75) is 32.2 Å². The quantitative estimate of drug-likeness (QED) is 0.749. The van der Waals surface area contributed by atoms with Crippen molar-refractivity contribution in [3.63, 3.8) is 0 Å². The van der Waals surface area contributed by atoms with Crippen LogP contribution >= 0.6 is 0 Å². The molecule has 3 heterocycles. The number of pyridine rings is 1. The van der Waals surface area contributed by atoms with E-state index in [-0.39, 0.29) is 11.8 Å². The fourth-order valence-electron chi connectivity index (χ4n) is 3.45. The minimum atomic E-state index is -0.567. The summed E-state index contributed by atoms with van der Waals surface area (Å²) in [7, 11) is 0. The number of nitrogens with one attached hydrogen (secondary N) is 1. The van der Waals surface area contributed by atoms with Crippen molar-refractivity contribution < 1.29 is 9.59 Å². The molecule has 0 radical (unpaired) electrons. The van der Waals surface area contributed by atoms with Gasteiger partial charge in [-0.1, -0.05) is 11.3 Å². The van der Waals surface area contributed by atoms with E-state index in [0.717, 1.165) is 32.4 Å². The number of aromatic nitrogens is 4. The van der Waals surface area contributed by atoms with Gasteiger partial charge in [0.05, 0.1) is 5.69 Å². The molecule has 8 heteroatoms. The maximum Gasteiger partial charge on any atom is 0.251 e. The number of carbonyl (C=O) groups is 2. The number of carbonyl (C=O) groups excluding carboxylic acids is 2. The maximum atomic E-state index is 12.7. The van der Waals surface area contributed by atoms with Crippen LogP contribution in [0.5, 0.6) is 0 Å². The molecule has 0 saturated carbocycles. The summed E-state index contributed by atoms with van der Waals surface area (Å²) < 4.78 is 1.59. The van der Waals surface area contributed by atoms with E-state index in [9.17, 15) is 9.59 Å². The highest BCUT2D eigenvalue weighted by molar-refractivity contribution is 5.97. The summed E-state index contributed by atoms with van der Waals surface area (Å²) in [4.78, 5) is 31.4. The number of nitrogens with zero attached hydrogens (tertiary/aromatic N) is 5. The minimum absolute atomic E-state index is 0.0318. The first kappa shape index (κ1) is 18.1. The zero-order valence-electron chi connectivity index (χ0n) is 15.7. The molecule has 8 nitrogen and oxygen atoms in total. The highest BCUT2D eigenvalue weighted by Crippen LogP contribution is 2.16.